The molecule has 0 bridgehead atoms. The molecule has 2 fully saturated rings. The van der Waals surface area contributed by atoms with Crippen LogP contribution in [0.3, 0.4) is 0 Å². The molecule has 24 heavy (non-hydrogen) atoms. The maximum atomic E-state index is 13.2. The summed E-state index contributed by atoms with van der Waals surface area (Å²) in [4.78, 5) is 14.1. The summed E-state index contributed by atoms with van der Waals surface area (Å²) in [5, 5.41) is 10.5. The van der Waals surface area contributed by atoms with Crippen molar-refractivity contribution >= 4 is 6.09 Å². The molecule has 0 spiro atoms. The molecule has 0 aromatic heterocycles. The fraction of sp³-hybridized carbons (Fsp3) is 0.632. The normalized spacial score (nSPS) is 30.1. The Hall–Kier alpha value is -1.62. The predicted molar refractivity (Wildman–Crippen MR) is 89.2 cm³/mol. The molecule has 5 heteroatoms. The molecule has 1 amide bonds. The van der Waals surface area contributed by atoms with Gasteiger partial charge in [0.05, 0.1) is 6.10 Å². The molecule has 4 atom stereocenters. The Morgan fingerprint density at radius 2 is 1.88 bits per heavy atom. The number of aliphatic hydroxyl groups is 1. The number of carbonyl (C=O) groups excluding carboxylic acids is 1. The Morgan fingerprint density at radius 1 is 1.21 bits per heavy atom. The van der Waals surface area contributed by atoms with Crippen LogP contribution in [-0.4, -0.2) is 40.9 Å². The number of amides is 1. The van der Waals surface area contributed by atoms with Crippen LogP contribution >= 0.6 is 0 Å². The lowest BCUT2D eigenvalue weighted by atomic mass is 9.69. The van der Waals surface area contributed by atoms with E-state index < -0.39 is 11.7 Å². The molecular formula is C19H26FNO3. The summed E-state index contributed by atoms with van der Waals surface area (Å²) in [6.45, 7) is 6.83. The maximum Gasteiger partial charge on any atom is 0.410 e. The highest BCUT2D eigenvalue weighted by atomic mass is 19.1. The third-order valence-corrected chi connectivity index (χ3v) is 5.11. The zero-order valence-corrected chi connectivity index (χ0v) is 14.5. The monoisotopic (exact) mass is 335 g/mol. The van der Waals surface area contributed by atoms with E-state index in [1.54, 1.807) is 17.0 Å². The van der Waals surface area contributed by atoms with E-state index in [0.717, 1.165) is 12.0 Å². The van der Waals surface area contributed by atoms with E-state index in [4.69, 9.17) is 4.74 Å². The Morgan fingerprint density at radius 3 is 2.50 bits per heavy atom. The second-order valence-electron chi connectivity index (χ2n) is 8.03. The van der Waals surface area contributed by atoms with Gasteiger partial charge in [0.15, 0.2) is 0 Å². The quantitative estimate of drug-likeness (QED) is 0.854. The first-order valence-electron chi connectivity index (χ1n) is 8.66. The number of ether oxygens (including phenoxy) is 1. The zero-order chi connectivity index (χ0) is 17.5. The highest BCUT2D eigenvalue weighted by molar-refractivity contribution is 5.68. The van der Waals surface area contributed by atoms with Crippen molar-refractivity contribution in [1.29, 1.82) is 0 Å². The first-order chi connectivity index (χ1) is 11.2. The number of hydrogen-bond donors (Lipinski definition) is 1. The molecule has 0 radical (unpaired) electrons. The van der Waals surface area contributed by atoms with Gasteiger partial charge in [-0.05, 0) is 63.1 Å². The van der Waals surface area contributed by atoms with Gasteiger partial charge in [-0.3, -0.25) is 0 Å². The number of fused-ring (bicyclic) bond motifs is 1. The van der Waals surface area contributed by atoms with Gasteiger partial charge in [0.1, 0.15) is 11.4 Å². The van der Waals surface area contributed by atoms with Crippen LogP contribution in [0.25, 0.3) is 0 Å². The number of rotatable bonds is 1. The van der Waals surface area contributed by atoms with E-state index in [2.05, 4.69) is 0 Å². The van der Waals surface area contributed by atoms with Gasteiger partial charge in [0.25, 0.3) is 0 Å². The van der Waals surface area contributed by atoms with Crippen LogP contribution in [0, 0.1) is 17.7 Å². The zero-order valence-electron chi connectivity index (χ0n) is 14.5. The van der Waals surface area contributed by atoms with Gasteiger partial charge >= 0.3 is 6.09 Å². The second-order valence-corrected chi connectivity index (χ2v) is 8.03. The largest absolute Gasteiger partial charge is 0.444 e. The molecule has 1 aromatic rings. The molecule has 1 saturated heterocycles. The van der Waals surface area contributed by atoms with Crippen LogP contribution in [0.5, 0.6) is 0 Å². The molecule has 132 valence electrons. The lowest BCUT2D eigenvalue weighted by Gasteiger charge is -2.37. The summed E-state index contributed by atoms with van der Waals surface area (Å²) >= 11 is 0. The lowest BCUT2D eigenvalue weighted by molar-refractivity contribution is 0.0278. The Labute approximate surface area is 142 Å². The van der Waals surface area contributed by atoms with E-state index in [1.807, 2.05) is 20.8 Å². The third kappa shape index (κ3) is 3.56. The van der Waals surface area contributed by atoms with E-state index in [0.29, 0.717) is 25.4 Å². The fourth-order valence-electron chi connectivity index (χ4n) is 4.09. The van der Waals surface area contributed by atoms with Gasteiger partial charge in [0, 0.05) is 19.0 Å². The van der Waals surface area contributed by atoms with Crippen molar-refractivity contribution in [3.63, 3.8) is 0 Å². The summed E-state index contributed by atoms with van der Waals surface area (Å²) in [6.07, 6.45) is 0.883. The number of carbonyl (C=O) groups is 1. The van der Waals surface area contributed by atoms with E-state index in [-0.39, 0.29) is 23.7 Å². The molecule has 2 aliphatic rings. The van der Waals surface area contributed by atoms with Crippen LogP contribution in [0.1, 0.15) is 45.1 Å². The molecule has 4 nitrogen and oxygen atoms in total. The predicted octanol–water partition coefficient (Wildman–Crippen LogP) is 3.55. The number of halogens is 1. The Balaban J connectivity index is 1.77. The number of benzene rings is 1. The molecule has 1 aromatic carbocycles. The number of likely N-dealkylation sites (tertiary alicyclic amines) is 1. The average molecular weight is 335 g/mol. The van der Waals surface area contributed by atoms with Gasteiger partial charge in [-0.1, -0.05) is 12.1 Å². The summed E-state index contributed by atoms with van der Waals surface area (Å²) in [5.74, 6) is 0.210. The molecule has 3 rings (SSSR count). The summed E-state index contributed by atoms with van der Waals surface area (Å²) in [5.41, 5.74) is 0.436. The summed E-state index contributed by atoms with van der Waals surface area (Å²) < 4.78 is 18.7. The van der Waals surface area contributed by atoms with E-state index >= 15 is 0 Å². The van der Waals surface area contributed by atoms with Crippen LogP contribution in [0.2, 0.25) is 0 Å². The minimum absolute atomic E-state index is 0.0585. The molecule has 1 aliphatic carbocycles. The molecule has 1 N–H and O–H groups in total. The number of aliphatic hydroxyl groups excluding tert-OH is 1. The van der Waals surface area contributed by atoms with Crippen molar-refractivity contribution in [3.8, 4) is 0 Å². The summed E-state index contributed by atoms with van der Waals surface area (Å²) in [6, 6.07) is 6.38. The average Bonchev–Trinajstić information content (AvgIpc) is 2.91. The Bertz CT molecular complexity index is 596. The van der Waals surface area contributed by atoms with Crippen LogP contribution in [-0.2, 0) is 4.74 Å². The minimum Gasteiger partial charge on any atom is -0.444 e. The molecular weight excluding hydrogens is 309 g/mol. The van der Waals surface area contributed by atoms with Gasteiger partial charge in [-0.2, -0.15) is 0 Å². The molecule has 1 saturated carbocycles. The lowest BCUT2D eigenvalue weighted by Crippen LogP contribution is -2.37. The van der Waals surface area contributed by atoms with Crippen molar-refractivity contribution in [3.05, 3.63) is 35.6 Å². The van der Waals surface area contributed by atoms with Crippen molar-refractivity contribution in [1.82, 2.24) is 4.90 Å². The van der Waals surface area contributed by atoms with Gasteiger partial charge < -0.3 is 14.7 Å². The molecule has 1 aliphatic heterocycles. The van der Waals surface area contributed by atoms with Crippen molar-refractivity contribution < 1.29 is 19.0 Å². The van der Waals surface area contributed by atoms with E-state index in [1.165, 1.54) is 12.1 Å². The van der Waals surface area contributed by atoms with Crippen LogP contribution < -0.4 is 0 Å². The van der Waals surface area contributed by atoms with Crippen molar-refractivity contribution in [2.24, 2.45) is 11.8 Å². The fourth-order valence-corrected chi connectivity index (χ4v) is 4.09. The van der Waals surface area contributed by atoms with Crippen LogP contribution in [0.15, 0.2) is 24.3 Å². The minimum atomic E-state index is -0.513. The third-order valence-electron chi connectivity index (χ3n) is 5.11. The highest BCUT2D eigenvalue weighted by Gasteiger charge is 2.46. The number of nitrogens with zero attached hydrogens (tertiary/aromatic N) is 1. The smallest absolute Gasteiger partial charge is 0.410 e. The summed E-state index contributed by atoms with van der Waals surface area (Å²) in [7, 11) is 0. The van der Waals surface area contributed by atoms with Crippen molar-refractivity contribution in [2.45, 2.75) is 51.2 Å². The topological polar surface area (TPSA) is 49.8 Å². The SMILES string of the molecule is CC(C)(C)OC(=O)N1C[C@H]2CC[C@H](O)[C@H](c3ccc(F)cc3)[C@H]2C1. The van der Waals surface area contributed by atoms with Crippen LogP contribution in [0.4, 0.5) is 9.18 Å². The standard InChI is InChI=1S/C19H26FNO3/c1-19(2,3)24-18(23)21-10-13-6-9-16(22)17(15(13)11-21)12-4-7-14(20)8-5-12/h4-5,7-8,13,15-17,22H,6,9-11H2,1-3H3/t13-,15+,16+,17-/m1/s1. The van der Waals surface area contributed by atoms with Gasteiger partial charge in [-0.25, -0.2) is 9.18 Å². The first kappa shape index (κ1) is 17.2. The highest BCUT2D eigenvalue weighted by Crippen LogP contribution is 2.45. The van der Waals surface area contributed by atoms with Crippen molar-refractivity contribution in [2.75, 3.05) is 13.1 Å². The second kappa shape index (κ2) is 6.36. The molecule has 1 heterocycles. The Kier molecular flexibility index (Phi) is 4.56. The molecule has 0 unspecified atom stereocenters. The number of hydrogen-bond acceptors (Lipinski definition) is 3. The van der Waals surface area contributed by atoms with Gasteiger partial charge in [-0.15, -0.1) is 0 Å². The van der Waals surface area contributed by atoms with Gasteiger partial charge in [0.2, 0.25) is 0 Å². The van der Waals surface area contributed by atoms with E-state index in [9.17, 15) is 14.3 Å². The first-order valence-corrected chi connectivity index (χ1v) is 8.66. The maximum absolute atomic E-state index is 13.2.